The lowest BCUT2D eigenvalue weighted by Crippen LogP contribution is -2.45. The van der Waals surface area contributed by atoms with E-state index in [0.717, 1.165) is 37.3 Å². The van der Waals surface area contributed by atoms with Gasteiger partial charge in [0.25, 0.3) is 5.91 Å². The van der Waals surface area contributed by atoms with E-state index in [-0.39, 0.29) is 11.9 Å². The Hall–Kier alpha value is -1.42. The molecule has 0 radical (unpaired) electrons. The molecule has 4 heteroatoms. The van der Waals surface area contributed by atoms with E-state index in [0.29, 0.717) is 5.56 Å². The molecule has 4 nitrogen and oxygen atoms in total. The molecule has 17 heavy (non-hydrogen) atoms. The van der Waals surface area contributed by atoms with Gasteiger partial charge in [0.05, 0.1) is 11.3 Å². The summed E-state index contributed by atoms with van der Waals surface area (Å²) in [6.45, 7) is 5.72. The van der Waals surface area contributed by atoms with Gasteiger partial charge in [0.15, 0.2) is 0 Å². The average Bonchev–Trinajstić information content (AvgIpc) is 2.30. The highest BCUT2D eigenvalue weighted by atomic mass is 16.1. The summed E-state index contributed by atoms with van der Waals surface area (Å²) in [6, 6.07) is 3.97. The first kappa shape index (κ1) is 12.0. The van der Waals surface area contributed by atoms with E-state index in [4.69, 9.17) is 0 Å². The number of aryl methyl sites for hydroxylation is 2. The van der Waals surface area contributed by atoms with Crippen molar-refractivity contribution >= 4 is 5.91 Å². The van der Waals surface area contributed by atoms with Crippen LogP contribution in [0.1, 0.15) is 34.6 Å². The van der Waals surface area contributed by atoms with E-state index in [2.05, 4.69) is 15.6 Å². The number of pyridine rings is 1. The fraction of sp³-hybridized carbons (Fsp3) is 0.538. The van der Waals surface area contributed by atoms with E-state index in [9.17, 15) is 4.79 Å². The monoisotopic (exact) mass is 233 g/mol. The predicted molar refractivity (Wildman–Crippen MR) is 67.1 cm³/mol. The molecule has 1 fully saturated rings. The molecule has 1 saturated heterocycles. The van der Waals surface area contributed by atoms with Crippen molar-refractivity contribution in [1.82, 2.24) is 15.6 Å². The zero-order chi connectivity index (χ0) is 12.3. The van der Waals surface area contributed by atoms with Crippen LogP contribution in [0.25, 0.3) is 0 Å². The van der Waals surface area contributed by atoms with E-state index in [1.807, 2.05) is 26.0 Å². The summed E-state index contributed by atoms with van der Waals surface area (Å²) >= 11 is 0. The number of aromatic nitrogens is 1. The maximum Gasteiger partial charge on any atom is 0.253 e. The van der Waals surface area contributed by atoms with Gasteiger partial charge in [-0.1, -0.05) is 0 Å². The minimum Gasteiger partial charge on any atom is -0.348 e. The van der Waals surface area contributed by atoms with Gasteiger partial charge in [0, 0.05) is 18.3 Å². The van der Waals surface area contributed by atoms with Crippen molar-refractivity contribution in [3.05, 3.63) is 29.1 Å². The Morgan fingerprint density at radius 3 is 2.94 bits per heavy atom. The van der Waals surface area contributed by atoms with Crippen LogP contribution in [0.5, 0.6) is 0 Å². The normalized spacial score (nSPS) is 20.0. The second-order valence-corrected chi connectivity index (χ2v) is 4.60. The highest BCUT2D eigenvalue weighted by Gasteiger charge is 2.17. The molecule has 2 N–H and O–H groups in total. The summed E-state index contributed by atoms with van der Waals surface area (Å²) in [7, 11) is 0. The number of carbonyl (C=O) groups excluding carboxylic acids is 1. The molecule has 1 aliphatic heterocycles. The number of piperidine rings is 1. The molecule has 1 atom stereocenters. The van der Waals surface area contributed by atoms with Gasteiger partial charge in [-0.2, -0.15) is 0 Å². The summed E-state index contributed by atoms with van der Waals surface area (Å²) in [5, 5.41) is 6.34. The summed E-state index contributed by atoms with van der Waals surface area (Å²) in [4.78, 5) is 16.4. The zero-order valence-corrected chi connectivity index (χ0v) is 10.4. The second-order valence-electron chi connectivity index (χ2n) is 4.60. The topological polar surface area (TPSA) is 54.0 Å². The van der Waals surface area contributed by atoms with Gasteiger partial charge in [-0.15, -0.1) is 0 Å². The lowest BCUT2D eigenvalue weighted by Gasteiger charge is -2.24. The maximum absolute atomic E-state index is 12.1. The van der Waals surface area contributed by atoms with Gasteiger partial charge in [-0.05, 0) is 45.4 Å². The quantitative estimate of drug-likeness (QED) is 0.806. The SMILES string of the molecule is Cc1ccc(C(=O)NC2CCCNC2)c(C)n1. The van der Waals surface area contributed by atoms with Crippen molar-refractivity contribution in [2.45, 2.75) is 32.7 Å². The molecule has 0 spiro atoms. The minimum absolute atomic E-state index is 0.0105. The largest absolute Gasteiger partial charge is 0.348 e. The van der Waals surface area contributed by atoms with Crippen molar-refractivity contribution in [3.63, 3.8) is 0 Å². The van der Waals surface area contributed by atoms with Gasteiger partial charge < -0.3 is 10.6 Å². The van der Waals surface area contributed by atoms with Gasteiger partial charge in [-0.3, -0.25) is 9.78 Å². The van der Waals surface area contributed by atoms with Gasteiger partial charge in [0.2, 0.25) is 0 Å². The van der Waals surface area contributed by atoms with Crippen molar-refractivity contribution in [3.8, 4) is 0 Å². The number of amides is 1. The maximum atomic E-state index is 12.1. The molecular formula is C13H19N3O. The van der Waals surface area contributed by atoms with Crippen molar-refractivity contribution < 1.29 is 4.79 Å². The summed E-state index contributed by atoms with van der Waals surface area (Å²) in [6.07, 6.45) is 2.17. The van der Waals surface area contributed by atoms with Crippen LogP contribution in [0.4, 0.5) is 0 Å². The molecular weight excluding hydrogens is 214 g/mol. The first-order chi connectivity index (χ1) is 8.16. The molecule has 0 saturated carbocycles. The molecule has 1 aromatic heterocycles. The molecule has 1 aromatic rings. The molecule has 0 aromatic carbocycles. The number of hydrogen-bond donors (Lipinski definition) is 2. The number of nitrogens with zero attached hydrogens (tertiary/aromatic N) is 1. The van der Waals surface area contributed by atoms with Crippen LogP contribution in [0.2, 0.25) is 0 Å². The second kappa shape index (κ2) is 5.27. The van der Waals surface area contributed by atoms with Crippen molar-refractivity contribution in [1.29, 1.82) is 0 Å². The molecule has 0 aliphatic carbocycles. The van der Waals surface area contributed by atoms with Crippen LogP contribution in [-0.4, -0.2) is 30.0 Å². The Kier molecular flexibility index (Phi) is 3.74. The first-order valence-corrected chi connectivity index (χ1v) is 6.12. The summed E-state index contributed by atoms with van der Waals surface area (Å²) < 4.78 is 0. The van der Waals surface area contributed by atoms with Crippen LogP contribution in [0, 0.1) is 13.8 Å². The lowest BCUT2D eigenvalue weighted by molar-refractivity contribution is 0.0929. The smallest absolute Gasteiger partial charge is 0.253 e. The van der Waals surface area contributed by atoms with Gasteiger partial charge in [-0.25, -0.2) is 0 Å². The number of hydrogen-bond acceptors (Lipinski definition) is 3. The van der Waals surface area contributed by atoms with Crippen LogP contribution >= 0.6 is 0 Å². The van der Waals surface area contributed by atoms with E-state index < -0.39 is 0 Å². The van der Waals surface area contributed by atoms with E-state index in [1.54, 1.807) is 0 Å². The first-order valence-electron chi connectivity index (χ1n) is 6.12. The van der Waals surface area contributed by atoms with Crippen LogP contribution < -0.4 is 10.6 Å². The third-order valence-corrected chi connectivity index (χ3v) is 3.10. The molecule has 2 heterocycles. The number of rotatable bonds is 2. The zero-order valence-electron chi connectivity index (χ0n) is 10.4. The Balaban J connectivity index is 2.03. The third kappa shape index (κ3) is 3.03. The molecule has 92 valence electrons. The predicted octanol–water partition coefficient (Wildman–Crippen LogP) is 1.18. The highest BCUT2D eigenvalue weighted by Crippen LogP contribution is 2.08. The Morgan fingerprint density at radius 2 is 2.29 bits per heavy atom. The van der Waals surface area contributed by atoms with Crippen molar-refractivity contribution in [2.75, 3.05) is 13.1 Å². The van der Waals surface area contributed by atoms with Gasteiger partial charge >= 0.3 is 0 Å². The fourth-order valence-electron chi connectivity index (χ4n) is 2.16. The summed E-state index contributed by atoms with van der Waals surface area (Å²) in [5.41, 5.74) is 2.42. The van der Waals surface area contributed by atoms with Crippen molar-refractivity contribution in [2.24, 2.45) is 0 Å². The number of carbonyl (C=O) groups is 1. The third-order valence-electron chi connectivity index (χ3n) is 3.10. The Bertz CT molecular complexity index is 411. The molecule has 1 amide bonds. The van der Waals surface area contributed by atoms with E-state index in [1.165, 1.54) is 0 Å². The van der Waals surface area contributed by atoms with E-state index >= 15 is 0 Å². The molecule has 0 bridgehead atoms. The van der Waals surface area contributed by atoms with Crippen LogP contribution in [0.15, 0.2) is 12.1 Å². The number of nitrogens with one attached hydrogen (secondary N) is 2. The molecule has 1 unspecified atom stereocenters. The molecule has 2 rings (SSSR count). The molecule has 1 aliphatic rings. The minimum atomic E-state index is -0.0105. The Morgan fingerprint density at radius 1 is 1.47 bits per heavy atom. The van der Waals surface area contributed by atoms with Crippen LogP contribution in [0.3, 0.4) is 0 Å². The lowest BCUT2D eigenvalue weighted by atomic mass is 10.1. The summed E-state index contributed by atoms with van der Waals surface area (Å²) in [5.74, 6) is -0.0105. The van der Waals surface area contributed by atoms with Gasteiger partial charge in [0.1, 0.15) is 0 Å². The standard InChI is InChI=1S/C13H19N3O/c1-9-5-6-12(10(2)15-9)13(17)16-11-4-3-7-14-8-11/h5-6,11,14H,3-4,7-8H2,1-2H3,(H,16,17). The highest BCUT2D eigenvalue weighted by molar-refractivity contribution is 5.95. The fourth-order valence-corrected chi connectivity index (χ4v) is 2.16. The van der Waals surface area contributed by atoms with Crippen LogP contribution in [-0.2, 0) is 0 Å². The average molecular weight is 233 g/mol. The Labute approximate surface area is 102 Å².